The Labute approximate surface area is 239 Å². The maximum absolute atomic E-state index is 13.0. The van der Waals surface area contributed by atoms with Crippen LogP contribution in [0.25, 0.3) is 0 Å². The van der Waals surface area contributed by atoms with Crippen LogP contribution >= 0.6 is 23.2 Å². The van der Waals surface area contributed by atoms with E-state index < -0.39 is 27.2 Å². The number of amides is 2. The standard InChI is InChI=1S/C27H34Cl2N4O5S/c1-6-18(25(34)33-36)14-23(30)24(7-2)32-27(12-13-27)21-15-19(9-11-22(21)29)31-26(35)20(17(4)28)10-8-16(3)39(5,37)38/h8-11,14-15,32,36H,4,6-7,12-13,30H2,1-3,5H3,(H,31,35)(H,33,34)/b16-8+,18-14+,20-10+,24-23-. The summed E-state index contributed by atoms with van der Waals surface area (Å²) in [6, 6.07) is 5.06. The van der Waals surface area contributed by atoms with E-state index in [1.54, 1.807) is 30.6 Å². The van der Waals surface area contributed by atoms with E-state index in [4.69, 9.17) is 34.1 Å². The molecule has 1 aliphatic rings. The van der Waals surface area contributed by atoms with Crippen molar-refractivity contribution in [2.24, 2.45) is 5.73 Å². The first-order valence-electron chi connectivity index (χ1n) is 12.2. The van der Waals surface area contributed by atoms with Crippen LogP contribution in [0.2, 0.25) is 5.02 Å². The van der Waals surface area contributed by atoms with Crippen molar-refractivity contribution in [1.29, 1.82) is 0 Å². The van der Waals surface area contributed by atoms with E-state index in [0.717, 1.165) is 24.7 Å². The summed E-state index contributed by atoms with van der Waals surface area (Å²) in [5.74, 6) is -1.20. The topological polar surface area (TPSA) is 151 Å². The van der Waals surface area contributed by atoms with E-state index in [2.05, 4.69) is 17.2 Å². The second-order valence-corrected chi connectivity index (χ2v) is 12.2. The highest BCUT2D eigenvalue weighted by atomic mass is 35.5. The molecule has 2 amide bonds. The van der Waals surface area contributed by atoms with Crippen LogP contribution in [0, 0.1) is 0 Å². The highest BCUT2D eigenvalue weighted by Gasteiger charge is 2.46. The molecule has 0 radical (unpaired) electrons. The van der Waals surface area contributed by atoms with Crippen molar-refractivity contribution in [3.8, 4) is 0 Å². The minimum atomic E-state index is -3.42. The molecule has 9 nitrogen and oxygen atoms in total. The Kier molecular flexibility index (Phi) is 11.0. The number of nitrogens with one attached hydrogen (secondary N) is 3. The molecule has 0 unspecified atom stereocenters. The van der Waals surface area contributed by atoms with E-state index in [0.29, 0.717) is 40.5 Å². The molecule has 12 heteroatoms. The molecule has 39 heavy (non-hydrogen) atoms. The predicted octanol–water partition coefficient (Wildman–Crippen LogP) is 4.91. The summed E-state index contributed by atoms with van der Waals surface area (Å²) < 4.78 is 23.4. The molecule has 212 valence electrons. The molecule has 1 aliphatic carbocycles. The van der Waals surface area contributed by atoms with Crippen LogP contribution in [-0.4, -0.2) is 31.7 Å². The molecular formula is C27H34Cl2N4O5S. The lowest BCUT2D eigenvalue weighted by molar-refractivity contribution is -0.125. The minimum absolute atomic E-state index is 0.00448. The van der Waals surface area contributed by atoms with Crippen molar-refractivity contribution in [1.82, 2.24) is 10.8 Å². The van der Waals surface area contributed by atoms with Crippen molar-refractivity contribution >= 4 is 50.5 Å². The van der Waals surface area contributed by atoms with E-state index in [9.17, 15) is 18.0 Å². The van der Waals surface area contributed by atoms with Crippen molar-refractivity contribution in [2.45, 2.75) is 52.0 Å². The lowest BCUT2D eigenvalue weighted by Gasteiger charge is -2.24. The smallest absolute Gasteiger partial charge is 0.270 e. The SMILES string of the molecule is C=C(Cl)/C(=C\C=C(/C)S(C)(=O)=O)C(=O)Nc1ccc(Cl)c(C2(N/C(CC)=C(N)/C=C(\CC)C(=O)NO)CC2)c1. The van der Waals surface area contributed by atoms with Gasteiger partial charge in [0.25, 0.3) is 11.8 Å². The normalized spacial score (nSPS) is 16.2. The summed E-state index contributed by atoms with van der Waals surface area (Å²) >= 11 is 12.6. The van der Waals surface area contributed by atoms with Crippen LogP contribution in [0.5, 0.6) is 0 Å². The molecule has 2 rings (SSSR count). The second-order valence-electron chi connectivity index (χ2n) is 9.14. The van der Waals surface area contributed by atoms with Gasteiger partial charge in [0.1, 0.15) is 0 Å². The number of hydrogen-bond donors (Lipinski definition) is 5. The van der Waals surface area contributed by atoms with Crippen molar-refractivity contribution in [2.75, 3.05) is 11.6 Å². The fourth-order valence-corrected chi connectivity index (χ4v) is 4.46. The van der Waals surface area contributed by atoms with Crippen LogP contribution in [0.3, 0.4) is 0 Å². The van der Waals surface area contributed by atoms with Gasteiger partial charge in [0.15, 0.2) is 9.84 Å². The van der Waals surface area contributed by atoms with Gasteiger partial charge < -0.3 is 16.4 Å². The highest BCUT2D eigenvalue weighted by molar-refractivity contribution is 7.94. The predicted molar refractivity (Wildman–Crippen MR) is 156 cm³/mol. The summed E-state index contributed by atoms with van der Waals surface area (Å²) in [5, 5.41) is 15.6. The molecule has 1 saturated carbocycles. The Balaban J connectivity index is 2.39. The lowest BCUT2D eigenvalue weighted by Crippen LogP contribution is -2.31. The molecule has 0 heterocycles. The second kappa shape index (κ2) is 13.3. The summed E-state index contributed by atoms with van der Waals surface area (Å²) in [5.41, 5.74) is 9.97. The van der Waals surface area contributed by atoms with Gasteiger partial charge in [0.05, 0.1) is 16.8 Å². The number of benzene rings is 1. The van der Waals surface area contributed by atoms with Gasteiger partial charge >= 0.3 is 0 Å². The van der Waals surface area contributed by atoms with Crippen LogP contribution in [0.1, 0.15) is 52.0 Å². The molecule has 0 spiro atoms. The Morgan fingerprint density at radius 1 is 1.18 bits per heavy atom. The number of halogens is 2. The number of hydroxylamine groups is 1. The summed E-state index contributed by atoms with van der Waals surface area (Å²) in [6.07, 6.45) is 7.61. The first-order valence-corrected chi connectivity index (χ1v) is 14.8. The van der Waals surface area contributed by atoms with Crippen LogP contribution < -0.4 is 21.8 Å². The van der Waals surface area contributed by atoms with Gasteiger partial charge in [-0.25, -0.2) is 13.9 Å². The Morgan fingerprint density at radius 3 is 2.31 bits per heavy atom. The van der Waals surface area contributed by atoms with Gasteiger partial charge in [-0.3, -0.25) is 14.8 Å². The number of carbonyl (C=O) groups is 2. The van der Waals surface area contributed by atoms with Gasteiger partial charge in [-0.1, -0.05) is 43.6 Å². The first kappa shape index (κ1) is 32.2. The molecule has 0 aromatic heterocycles. The largest absolute Gasteiger partial charge is 0.397 e. The molecule has 0 aliphatic heterocycles. The first-order chi connectivity index (χ1) is 18.2. The number of sulfone groups is 1. The zero-order chi connectivity index (χ0) is 29.5. The number of anilines is 1. The van der Waals surface area contributed by atoms with Gasteiger partial charge in [-0.2, -0.15) is 0 Å². The van der Waals surface area contributed by atoms with Crippen molar-refractivity contribution < 1.29 is 23.2 Å². The molecule has 0 atom stereocenters. The third-order valence-electron chi connectivity index (χ3n) is 6.29. The number of carbonyl (C=O) groups excluding carboxylic acids is 2. The maximum Gasteiger partial charge on any atom is 0.270 e. The minimum Gasteiger partial charge on any atom is -0.397 e. The van der Waals surface area contributed by atoms with E-state index in [1.807, 2.05) is 6.92 Å². The third kappa shape index (κ3) is 8.47. The zero-order valence-corrected chi connectivity index (χ0v) is 24.6. The van der Waals surface area contributed by atoms with Crippen LogP contribution in [0.15, 0.2) is 75.5 Å². The average Bonchev–Trinajstić information content (AvgIpc) is 3.66. The number of allylic oxidation sites excluding steroid dienone is 5. The summed E-state index contributed by atoms with van der Waals surface area (Å²) in [7, 11) is -3.42. The maximum atomic E-state index is 13.0. The van der Waals surface area contributed by atoms with Gasteiger partial charge in [0.2, 0.25) is 0 Å². The Morgan fingerprint density at radius 2 is 1.82 bits per heavy atom. The molecule has 0 saturated heterocycles. The fraction of sp³-hybridized carbons (Fsp3) is 0.333. The third-order valence-corrected chi connectivity index (χ3v) is 8.13. The van der Waals surface area contributed by atoms with Gasteiger partial charge in [-0.05, 0) is 74.6 Å². The summed E-state index contributed by atoms with van der Waals surface area (Å²) in [6.45, 7) is 8.72. The molecule has 1 aromatic rings. The van der Waals surface area contributed by atoms with Crippen molar-refractivity contribution in [3.05, 3.63) is 86.1 Å². The average molecular weight is 598 g/mol. The highest BCUT2D eigenvalue weighted by Crippen LogP contribution is 2.49. The van der Waals surface area contributed by atoms with E-state index in [-0.39, 0.29) is 15.5 Å². The van der Waals surface area contributed by atoms with E-state index >= 15 is 0 Å². The molecule has 6 N–H and O–H groups in total. The number of rotatable bonds is 12. The van der Waals surface area contributed by atoms with Crippen LogP contribution in [-0.2, 0) is 25.0 Å². The zero-order valence-electron chi connectivity index (χ0n) is 22.3. The van der Waals surface area contributed by atoms with Gasteiger partial charge in [0, 0.05) is 38.2 Å². The van der Waals surface area contributed by atoms with Crippen LogP contribution in [0.4, 0.5) is 5.69 Å². The van der Waals surface area contributed by atoms with Gasteiger partial charge in [-0.15, -0.1) is 0 Å². The summed E-state index contributed by atoms with van der Waals surface area (Å²) in [4.78, 5) is 24.9. The molecular weight excluding hydrogens is 563 g/mol. The monoisotopic (exact) mass is 596 g/mol. The van der Waals surface area contributed by atoms with Crippen molar-refractivity contribution in [3.63, 3.8) is 0 Å². The number of nitrogens with two attached hydrogens (primary N) is 1. The fourth-order valence-electron chi connectivity index (χ4n) is 3.70. The lowest BCUT2D eigenvalue weighted by atomic mass is 10.0. The Hall–Kier alpha value is -3.05. The quantitative estimate of drug-likeness (QED) is 0.0995. The molecule has 1 aromatic carbocycles. The molecule has 0 bridgehead atoms. The Bertz CT molecular complexity index is 1390. The molecule has 1 fully saturated rings. The number of hydrogen-bond acceptors (Lipinski definition) is 7. The van der Waals surface area contributed by atoms with E-state index in [1.165, 1.54) is 25.2 Å².